The molecule has 2 aromatic heterocycles. The summed E-state index contributed by atoms with van der Waals surface area (Å²) in [5.74, 6) is 6.22. The van der Waals surface area contributed by atoms with E-state index >= 15 is 0 Å². The first-order valence-corrected chi connectivity index (χ1v) is 6.15. The lowest BCUT2D eigenvalue weighted by molar-refractivity contribution is 0.631. The summed E-state index contributed by atoms with van der Waals surface area (Å²) in [5.41, 5.74) is 13.7. The molecule has 5 nitrogen and oxygen atoms in total. The predicted molar refractivity (Wildman–Crippen MR) is 76.3 cm³/mol. The summed E-state index contributed by atoms with van der Waals surface area (Å²) in [6.45, 7) is 5.92. The molecule has 100 valence electrons. The molecule has 0 aliphatic heterocycles. The molecular formula is C14H19N5. The maximum absolute atomic E-state index is 5.99. The number of nitrogen functional groups attached to an aromatic ring is 1. The second-order valence-corrected chi connectivity index (χ2v) is 4.71. The minimum Gasteiger partial charge on any atom is -0.383 e. The third-order valence-corrected chi connectivity index (χ3v) is 3.13. The van der Waals surface area contributed by atoms with Crippen LogP contribution < -0.4 is 17.0 Å². The van der Waals surface area contributed by atoms with Crippen molar-refractivity contribution in [3.63, 3.8) is 0 Å². The minimum absolute atomic E-state index is 0.186. The van der Waals surface area contributed by atoms with Gasteiger partial charge >= 0.3 is 0 Å². The Morgan fingerprint density at radius 1 is 1.16 bits per heavy atom. The molecule has 0 spiro atoms. The van der Waals surface area contributed by atoms with Crippen LogP contribution in [0.25, 0.3) is 0 Å². The zero-order valence-electron chi connectivity index (χ0n) is 11.4. The molecule has 0 aromatic carbocycles. The maximum atomic E-state index is 5.99. The molecule has 2 heterocycles. The zero-order chi connectivity index (χ0) is 14.0. The number of rotatable bonds is 3. The Kier molecular flexibility index (Phi) is 3.78. The number of nitrogens with two attached hydrogens (primary N) is 2. The molecule has 0 saturated heterocycles. The van der Waals surface area contributed by atoms with Crippen LogP contribution in [0.3, 0.4) is 0 Å². The van der Waals surface area contributed by atoms with Crippen LogP contribution in [0.4, 0.5) is 5.82 Å². The van der Waals surface area contributed by atoms with E-state index in [2.05, 4.69) is 15.4 Å². The van der Waals surface area contributed by atoms with Crippen molar-refractivity contribution in [3.05, 3.63) is 52.5 Å². The van der Waals surface area contributed by atoms with Gasteiger partial charge in [0, 0.05) is 23.1 Å². The average Bonchev–Trinajstić information content (AvgIpc) is 2.32. The monoisotopic (exact) mass is 257 g/mol. The first-order valence-electron chi connectivity index (χ1n) is 6.15. The molecule has 2 aromatic rings. The third kappa shape index (κ3) is 2.72. The second kappa shape index (κ2) is 5.34. The van der Waals surface area contributed by atoms with Gasteiger partial charge in [-0.3, -0.25) is 10.8 Å². The number of nitrogens with zero attached hydrogens (tertiary/aromatic N) is 2. The van der Waals surface area contributed by atoms with Gasteiger partial charge in [-0.1, -0.05) is 0 Å². The van der Waals surface area contributed by atoms with Gasteiger partial charge in [-0.25, -0.2) is 10.4 Å². The maximum Gasteiger partial charge on any atom is 0.128 e. The lowest BCUT2D eigenvalue weighted by Crippen LogP contribution is -2.30. The number of pyridine rings is 2. The standard InChI is InChI=1S/C14H19N5/c1-8-4-5-17-14(15)12(8)13(19-16)11-6-9(2)18-10(3)7-11/h4-7,13,19H,16H2,1-3H3,(H2,15,17). The molecule has 1 atom stereocenters. The van der Waals surface area contributed by atoms with Crippen molar-refractivity contribution < 1.29 is 0 Å². The van der Waals surface area contributed by atoms with E-state index in [-0.39, 0.29) is 6.04 Å². The lowest BCUT2D eigenvalue weighted by Gasteiger charge is -2.21. The van der Waals surface area contributed by atoms with Gasteiger partial charge in [0.2, 0.25) is 0 Å². The van der Waals surface area contributed by atoms with E-state index in [4.69, 9.17) is 11.6 Å². The van der Waals surface area contributed by atoms with Crippen molar-refractivity contribution in [2.24, 2.45) is 5.84 Å². The van der Waals surface area contributed by atoms with Gasteiger partial charge < -0.3 is 5.73 Å². The Bertz CT molecular complexity index is 554. The highest BCUT2D eigenvalue weighted by Crippen LogP contribution is 2.28. The Morgan fingerprint density at radius 3 is 2.32 bits per heavy atom. The topological polar surface area (TPSA) is 89.8 Å². The number of anilines is 1. The fourth-order valence-electron chi connectivity index (χ4n) is 2.35. The lowest BCUT2D eigenvalue weighted by atomic mass is 9.96. The van der Waals surface area contributed by atoms with Gasteiger partial charge in [-0.2, -0.15) is 0 Å². The molecule has 0 saturated carbocycles. The first kappa shape index (κ1) is 13.5. The zero-order valence-corrected chi connectivity index (χ0v) is 11.4. The van der Waals surface area contributed by atoms with E-state index in [9.17, 15) is 0 Å². The molecule has 0 amide bonds. The van der Waals surface area contributed by atoms with Crippen LogP contribution in [-0.4, -0.2) is 9.97 Å². The second-order valence-electron chi connectivity index (χ2n) is 4.71. The van der Waals surface area contributed by atoms with Gasteiger partial charge in [0.15, 0.2) is 0 Å². The van der Waals surface area contributed by atoms with Gasteiger partial charge in [0.05, 0.1) is 6.04 Å². The van der Waals surface area contributed by atoms with E-state index in [1.807, 2.05) is 39.0 Å². The van der Waals surface area contributed by atoms with Crippen molar-refractivity contribution in [2.75, 3.05) is 5.73 Å². The van der Waals surface area contributed by atoms with E-state index in [0.717, 1.165) is 28.1 Å². The van der Waals surface area contributed by atoms with Crippen LogP contribution in [0.15, 0.2) is 24.4 Å². The molecular weight excluding hydrogens is 238 g/mol. The molecule has 0 fully saturated rings. The van der Waals surface area contributed by atoms with Crippen LogP contribution in [0, 0.1) is 20.8 Å². The highest BCUT2D eigenvalue weighted by atomic mass is 15.2. The molecule has 0 aliphatic carbocycles. The molecule has 2 rings (SSSR count). The van der Waals surface area contributed by atoms with Gasteiger partial charge in [-0.05, 0) is 50.1 Å². The fourth-order valence-corrected chi connectivity index (χ4v) is 2.35. The third-order valence-electron chi connectivity index (χ3n) is 3.13. The number of hydrogen-bond donors (Lipinski definition) is 3. The number of nitrogens with one attached hydrogen (secondary N) is 1. The van der Waals surface area contributed by atoms with Crippen molar-refractivity contribution in [2.45, 2.75) is 26.8 Å². The number of hydrogen-bond acceptors (Lipinski definition) is 5. The van der Waals surface area contributed by atoms with Crippen LogP contribution in [0.2, 0.25) is 0 Å². The molecule has 0 bridgehead atoms. The summed E-state index contributed by atoms with van der Waals surface area (Å²) >= 11 is 0. The van der Waals surface area contributed by atoms with Crippen molar-refractivity contribution in [1.29, 1.82) is 0 Å². The molecule has 5 N–H and O–H groups in total. The Balaban J connectivity index is 2.56. The summed E-state index contributed by atoms with van der Waals surface area (Å²) in [6.07, 6.45) is 1.70. The molecule has 0 radical (unpaired) electrons. The Morgan fingerprint density at radius 2 is 1.79 bits per heavy atom. The van der Waals surface area contributed by atoms with Gasteiger partial charge in [0.25, 0.3) is 0 Å². The molecule has 19 heavy (non-hydrogen) atoms. The van der Waals surface area contributed by atoms with Crippen molar-refractivity contribution in [3.8, 4) is 0 Å². The van der Waals surface area contributed by atoms with Crippen LogP contribution >= 0.6 is 0 Å². The van der Waals surface area contributed by atoms with Crippen molar-refractivity contribution in [1.82, 2.24) is 15.4 Å². The van der Waals surface area contributed by atoms with E-state index in [1.54, 1.807) is 6.20 Å². The van der Waals surface area contributed by atoms with Crippen molar-refractivity contribution >= 4 is 5.82 Å². The predicted octanol–water partition coefficient (Wildman–Crippen LogP) is 1.54. The highest BCUT2D eigenvalue weighted by molar-refractivity contribution is 5.50. The first-order chi connectivity index (χ1) is 9.02. The van der Waals surface area contributed by atoms with Crippen LogP contribution in [0.5, 0.6) is 0 Å². The minimum atomic E-state index is -0.186. The molecule has 0 aliphatic rings. The smallest absolute Gasteiger partial charge is 0.128 e. The number of aromatic nitrogens is 2. The number of hydrazine groups is 1. The summed E-state index contributed by atoms with van der Waals surface area (Å²) in [7, 11) is 0. The summed E-state index contributed by atoms with van der Waals surface area (Å²) < 4.78 is 0. The van der Waals surface area contributed by atoms with Gasteiger partial charge in [-0.15, -0.1) is 0 Å². The summed E-state index contributed by atoms with van der Waals surface area (Å²) in [6, 6.07) is 5.75. The van der Waals surface area contributed by atoms with E-state index in [1.165, 1.54) is 0 Å². The summed E-state index contributed by atoms with van der Waals surface area (Å²) in [5, 5.41) is 0. The quantitative estimate of drug-likeness (QED) is 0.573. The summed E-state index contributed by atoms with van der Waals surface area (Å²) in [4.78, 5) is 8.52. The number of aryl methyl sites for hydroxylation is 3. The largest absolute Gasteiger partial charge is 0.383 e. The SMILES string of the molecule is Cc1cc(C(NN)c2c(C)ccnc2N)cc(C)n1. The van der Waals surface area contributed by atoms with E-state index in [0.29, 0.717) is 5.82 Å². The fraction of sp³-hybridized carbons (Fsp3) is 0.286. The molecule has 1 unspecified atom stereocenters. The van der Waals surface area contributed by atoms with Crippen LogP contribution in [0.1, 0.15) is 34.1 Å². The van der Waals surface area contributed by atoms with Crippen LogP contribution in [-0.2, 0) is 0 Å². The van der Waals surface area contributed by atoms with E-state index < -0.39 is 0 Å². The Hall–Kier alpha value is -1.98. The molecule has 5 heteroatoms. The van der Waals surface area contributed by atoms with Gasteiger partial charge in [0.1, 0.15) is 5.82 Å². The Labute approximate surface area is 113 Å². The average molecular weight is 257 g/mol. The normalized spacial score (nSPS) is 12.4. The highest BCUT2D eigenvalue weighted by Gasteiger charge is 2.19.